The smallest absolute Gasteiger partial charge is 0.407 e. The number of ether oxygens (including phenoxy) is 1. The highest BCUT2D eigenvalue weighted by Crippen LogP contribution is 2.08. The van der Waals surface area contributed by atoms with Gasteiger partial charge in [0.25, 0.3) is 0 Å². The molecule has 0 saturated carbocycles. The molecule has 1 rings (SSSR count). The van der Waals surface area contributed by atoms with Crippen LogP contribution in [0.4, 0.5) is 4.79 Å². The number of alkyl halides is 1. The van der Waals surface area contributed by atoms with E-state index >= 15 is 0 Å². The second-order valence-electron chi connectivity index (χ2n) is 4.90. The lowest BCUT2D eigenvalue weighted by Crippen LogP contribution is -2.40. The number of amides is 1. The standard InChI is InChI=1S/C13H18ClNO2/c1-13(2,3)15-12(16)17-9-11-6-4-10(8-14)5-7-11/h4-7H,8-9H2,1-3H3,(H,15,16). The second kappa shape index (κ2) is 5.92. The molecule has 0 fully saturated rings. The molecule has 0 aromatic heterocycles. The molecule has 94 valence electrons. The molecule has 17 heavy (non-hydrogen) atoms. The predicted molar refractivity (Wildman–Crippen MR) is 69.1 cm³/mol. The van der Waals surface area contributed by atoms with Crippen LogP contribution in [0.5, 0.6) is 0 Å². The monoisotopic (exact) mass is 255 g/mol. The Morgan fingerprint density at radius 3 is 2.24 bits per heavy atom. The quantitative estimate of drug-likeness (QED) is 0.840. The van der Waals surface area contributed by atoms with Gasteiger partial charge in [0.1, 0.15) is 6.61 Å². The maximum atomic E-state index is 11.4. The van der Waals surface area contributed by atoms with Crippen LogP contribution in [0.25, 0.3) is 0 Å². The van der Waals surface area contributed by atoms with Crippen LogP contribution in [0.3, 0.4) is 0 Å². The largest absolute Gasteiger partial charge is 0.445 e. The molecule has 0 spiro atoms. The molecule has 3 nitrogen and oxygen atoms in total. The van der Waals surface area contributed by atoms with E-state index in [1.807, 2.05) is 45.0 Å². The molecule has 0 radical (unpaired) electrons. The Hall–Kier alpha value is -1.22. The van der Waals surface area contributed by atoms with Gasteiger partial charge in [-0.05, 0) is 31.9 Å². The number of rotatable bonds is 3. The van der Waals surface area contributed by atoms with Crippen molar-refractivity contribution < 1.29 is 9.53 Å². The van der Waals surface area contributed by atoms with Gasteiger partial charge in [-0.25, -0.2) is 4.79 Å². The minimum Gasteiger partial charge on any atom is -0.445 e. The van der Waals surface area contributed by atoms with E-state index in [9.17, 15) is 4.79 Å². The molecule has 0 aliphatic carbocycles. The predicted octanol–water partition coefficient (Wildman–Crippen LogP) is 3.45. The minimum atomic E-state index is -0.404. The van der Waals surface area contributed by atoms with E-state index in [0.29, 0.717) is 5.88 Å². The molecule has 0 atom stereocenters. The number of carbonyl (C=O) groups excluding carboxylic acids is 1. The summed E-state index contributed by atoms with van der Waals surface area (Å²) in [5, 5.41) is 2.73. The topological polar surface area (TPSA) is 38.3 Å². The molecule has 0 unspecified atom stereocenters. The van der Waals surface area contributed by atoms with Gasteiger partial charge in [-0.15, -0.1) is 11.6 Å². The van der Waals surface area contributed by atoms with E-state index < -0.39 is 6.09 Å². The fraction of sp³-hybridized carbons (Fsp3) is 0.462. The Labute approximate surface area is 107 Å². The number of hydrogen-bond donors (Lipinski definition) is 1. The summed E-state index contributed by atoms with van der Waals surface area (Å²) in [4.78, 5) is 11.4. The van der Waals surface area contributed by atoms with Crippen molar-refractivity contribution in [1.82, 2.24) is 5.32 Å². The van der Waals surface area contributed by atoms with Crippen molar-refractivity contribution in [3.05, 3.63) is 35.4 Å². The number of nitrogens with one attached hydrogen (secondary N) is 1. The molecule has 1 aromatic carbocycles. The van der Waals surface area contributed by atoms with Crippen molar-refractivity contribution in [2.45, 2.75) is 38.8 Å². The van der Waals surface area contributed by atoms with Gasteiger partial charge < -0.3 is 10.1 Å². The Morgan fingerprint density at radius 1 is 1.24 bits per heavy atom. The highest BCUT2D eigenvalue weighted by Gasteiger charge is 2.14. The van der Waals surface area contributed by atoms with E-state index in [4.69, 9.17) is 16.3 Å². The van der Waals surface area contributed by atoms with Crippen LogP contribution < -0.4 is 5.32 Å². The van der Waals surface area contributed by atoms with Gasteiger partial charge in [0.05, 0.1) is 0 Å². The Kier molecular flexibility index (Phi) is 4.82. The summed E-state index contributed by atoms with van der Waals surface area (Å²) in [5.74, 6) is 0.492. The van der Waals surface area contributed by atoms with E-state index in [1.54, 1.807) is 0 Å². The second-order valence-corrected chi connectivity index (χ2v) is 5.17. The summed E-state index contributed by atoms with van der Waals surface area (Å²) in [6, 6.07) is 7.66. The third kappa shape index (κ3) is 5.59. The van der Waals surface area contributed by atoms with Gasteiger partial charge in [-0.3, -0.25) is 0 Å². The van der Waals surface area contributed by atoms with E-state index in [2.05, 4.69) is 5.32 Å². The van der Waals surface area contributed by atoms with Crippen LogP contribution in [0.1, 0.15) is 31.9 Å². The molecule has 0 saturated heterocycles. The number of hydrogen-bond acceptors (Lipinski definition) is 2. The summed E-state index contributed by atoms with van der Waals surface area (Å²) in [6.45, 7) is 5.99. The summed E-state index contributed by atoms with van der Waals surface area (Å²) in [7, 11) is 0. The first kappa shape index (κ1) is 13.8. The van der Waals surface area contributed by atoms with Crippen LogP contribution in [0.15, 0.2) is 24.3 Å². The Morgan fingerprint density at radius 2 is 1.76 bits per heavy atom. The highest BCUT2D eigenvalue weighted by atomic mass is 35.5. The van der Waals surface area contributed by atoms with Gasteiger partial charge >= 0.3 is 6.09 Å². The average molecular weight is 256 g/mol. The Bertz CT molecular complexity index is 368. The van der Waals surface area contributed by atoms with Gasteiger partial charge in [-0.1, -0.05) is 24.3 Å². The Balaban J connectivity index is 2.42. The first-order valence-electron chi connectivity index (χ1n) is 5.49. The lowest BCUT2D eigenvalue weighted by molar-refractivity contribution is 0.131. The van der Waals surface area contributed by atoms with Crippen LogP contribution in [-0.2, 0) is 17.2 Å². The van der Waals surface area contributed by atoms with E-state index in [-0.39, 0.29) is 12.1 Å². The molecular formula is C13H18ClNO2. The summed E-state index contributed by atoms with van der Waals surface area (Å²) >= 11 is 5.68. The fourth-order valence-electron chi connectivity index (χ4n) is 1.22. The summed E-state index contributed by atoms with van der Waals surface area (Å²) < 4.78 is 5.09. The highest BCUT2D eigenvalue weighted by molar-refractivity contribution is 6.17. The maximum absolute atomic E-state index is 11.4. The van der Waals surface area contributed by atoms with Crippen molar-refractivity contribution >= 4 is 17.7 Å². The number of carbonyl (C=O) groups is 1. The van der Waals surface area contributed by atoms with Crippen LogP contribution in [0.2, 0.25) is 0 Å². The number of alkyl carbamates (subject to hydrolysis) is 1. The van der Waals surface area contributed by atoms with Crippen molar-refractivity contribution in [2.75, 3.05) is 0 Å². The lowest BCUT2D eigenvalue weighted by atomic mass is 10.1. The zero-order valence-electron chi connectivity index (χ0n) is 10.4. The molecular weight excluding hydrogens is 238 g/mol. The first-order valence-corrected chi connectivity index (χ1v) is 6.03. The molecule has 1 N–H and O–H groups in total. The van der Waals surface area contributed by atoms with Crippen molar-refractivity contribution in [2.24, 2.45) is 0 Å². The van der Waals surface area contributed by atoms with Gasteiger partial charge in [0.2, 0.25) is 0 Å². The molecule has 4 heteroatoms. The zero-order valence-corrected chi connectivity index (χ0v) is 11.2. The molecule has 1 amide bonds. The van der Waals surface area contributed by atoms with Crippen LogP contribution in [-0.4, -0.2) is 11.6 Å². The normalized spacial score (nSPS) is 11.1. The fourth-order valence-corrected chi connectivity index (χ4v) is 1.39. The minimum absolute atomic E-state index is 0.268. The van der Waals surface area contributed by atoms with Gasteiger partial charge in [0, 0.05) is 11.4 Å². The van der Waals surface area contributed by atoms with Crippen molar-refractivity contribution in [3.8, 4) is 0 Å². The number of halogens is 1. The molecule has 0 aliphatic rings. The average Bonchev–Trinajstić information content (AvgIpc) is 2.25. The summed E-state index contributed by atoms with van der Waals surface area (Å²) in [5.41, 5.74) is 1.72. The molecule has 0 bridgehead atoms. The third-order valence-electron chi connectivity index (χ3n) is 2.02. The number of benzene rings is 1. The van der Waals surface area contributed by atoms with E-state index in [1.165, 1.54) is 0 Å². The zero-order chi connectivity index (χ0) is 12.9. The lowest BCUT2D eigenvalue weighted by Gasteiger charge is -2.19. The molecule has 1 aromatic rings. The van der Waals surface area contributed by atoms with Crippen LogP contribution >= 0.6 is 11.6 Å². The van der Waals surface area contributed by atoms with Crippen molar-refractivity contribution in [1.29, 1.82) is 0 Å². The van der Waals surface area contributed by atoms with E-state index in [0.717, 1.165) is 11.1 Å². The summed E-state index contributed by atoms with van der Waals surface area (Å²) in [6.07, 6.45) is -0.404. The van der Waals surface area contributed by atoms with Crippen molar-refractivity contribution in [3.63, 3.8) is 0 Å². The van der Waals surface area contributed by atoms with Crippen LogP contribution in [0, 0.1) is 0 Å². The maximum Gasteiger partial charge on any atom is 0.407 e. The molecule has 0 aliphatic heterocycles. The SMILES string of the molecule is CC(C)(C)NC(=O)OCc1ccc(CCl)cc1. The van der Waals surface area contributed by atoms with Gasteiger partial charge in [0.15, 0.2) is 0 Å². The molecule has 0 heterocycles. The third-order valence-corrected chi connectivity index (χ3v) is 2.33. The van der Waals surface area contributed by atoms with Gasteiger partial charge in [-0.2, -0.15) is 0 Å². The first-order chi connectivity index (χ1) is 7.90.